The molecule has 0 aromatic rings. The van der Waals surface area contributed by atoms with Gasteiger partial charge in [0.15, 0.2) is 0 Å². The van der Waals surface area contributed by atoms with E-state index in [-0.39, 0.29) is 0 Å². The highest BCUT2D eigenvalue weighted by atomic mass is 127. The smallest absolute Gasteiger partial charge is 0.0670 e. The molecule has 60 valence electrons. The zero-order valence-corrected chi connectivity index (χ0v) is 8.96. The van der Waals surface area contributed by atoms with E-state index in [4.69, 9.17) is 4.74 Å². The molecule has 0 saturated carbocycles. The molecule has 0 aliphatic carbocycles. The first-order valence-corrected chi connectivity index (χ1v) is 5.15. The second-order valence-electron chi connectivity index (χ2n) is 3.31. The van der Waals surface area contributed by atoms with Gasteiger partial charge in [-0.2, -0.15) is 0 Å². The molecular weight excluding hydrogens is 239 g/mol. The largest absolute Gasteiger partial charge is 0.374 e. The quantitative estimate of drug-likeness (QED) is 0.477. The van der Waals surface area contributed by atoms with Crippen LogP contribution in [0, 0.1) is 5.92 Å². The van der Waals surface area contributed by atoms with Crippen LogP contribution in [0.5, 0.6) is 0 Å². The lowest BCUT2D eigenvalue weighted by atomic mass is 9.95. The summed E-state index contributed by atoms with van der Waals surface area (Å²) in [6, 6.07) is 0. The summed E-state index contributed by atoms with van der Waals surface area (Å²) in [5, 5.41) is 0. The molecule has 0 N–H and O–H groups in total. The number of rotatable bonds is 0. The van der Waals surface area contributed by atoms with Gasteiger partial charge in [-0.05, 0) is 26.2 Å². The van der Waals surface area contributed by atoms with Gasteiger partial charge in [0.1, 0.15) is 0 Å². The molecule has 0 aromatic heterocycles. The van der Waals surface area contributed by atoms with Crippen LogP contribution < -0.4 is 0 Å². The van der Waals surface area contributed by atoms with Crippen LogP contribution in [-0.2, 0) is 4.74 Å². The van der Waals surface area contributed by atoms with Gasteiger partial charge in [0.25, 0.3) is 0 Å². The maximum absolute atomic E-state index is 5.66. The number of halogens is 1. The predicted octanol–water partition coefficient (Wildman–Crippen LogP) is 2.62. The summed E-state index contributed by atoms with van der Waals surface area (Å²) in [6.07, 6.45) is 2.13. The molecule has 0 spiro atoms. The van der Waals surface area contributed by atoms with Crippen molar-refractivity contribution in [1.82, 2.24) is 0 Å². The van der Waals surface area contributed by atoms with E-state index in [1.165, 1.54) is 6.42 Å². The van der Waals surface area contributed by atoms with Crippen LogP contribution in [0.15, 0.2) is 0 Å². The highest BCUT2D eigenvalue weighted by Gasteiger charge is 2.29. The lowest BCUT2D eigenvalue weighted by molar-refractivity contribution is -0.0398. The van der Waals surface area contributed by atoms with Crippen molar-refractivity contribution in [3.63, 3.8) is 0 Å². The number of ether oxygens (including phenoxy) is 1. The maximum Gasteiger partial charge on any atom is 0.0670 e. The van der Waals surface area contributed by atoms with Gasteiger partial charge in [-0.3, -0.25) is 0 Å². The first-order valence-electron chi connectivity index (χ1n) is 3.90. The lowest BCUT2D eigenvalue weighted by Crippen LogP contribution is -2.37. The Balaban J connectivity index is 2.49. The summed E-state index contributed by atoms with van der Waals surface area (Å²) in [5.41, 5.74) is 0. The first-order chi connectivity index (χ1) is 4.61. The van der Waals surface area contributed by atoms with Crippen molar-refractivity contribution >= 4 is 22.6 Å². The van der Waals surface area contributed by atoms with E-state index in [9.17, 15) is 0 Å². The summed E-state index contributed by atoms with van der Waals surface area (Å²) >= 11 is 2.49. The van der Waals surface area contributed by atoms with Crippen LogP contribution in [0.4, 0.5) is 0 Å². The molecule has 1 fully saturated rings. The van der Waals surface area contributed by atoms with Crippen molar-refractivity contribution in [2.45, 2.75) is 43.3 Å². The van der Waals surface area contributed by atoms with Gasteiger partial charge < -0.3 is 4.74 Å². The Labute approximate surface area is 76.7 Å². The Hall–Kier alpha value is 0.690. The van der Waals surface area contributed by atoms with Crippen LogP contribution in [0.2, 0.25) is 0 Å². The molecule has 10 heavy (non-hydrogen) atoms. The molecule has 1 nitrogen and oxygen atoms in total. The van der Waals surface area contributed by atoms with Gasteiger partial charge in [-0.25, -0.2) is 0 Å². The van der Waals surface area contributed by atoms with Crippen molar-refractivity contribution in [3.05, 3.63) is 0 Å². The van der Waals surface area contributed by atoms with Crippen LogP contribution >= 0.6 is 22.6 Å². The minimum absolute atomic E-state index is 0.444. The molecule has 1 aliphatic heterocycles. The summed E-state index contributed by atoms with van der Waals surface area (Å²) < 4.78 is 6.36. The Kier molecular flexibility index (Phi) is 2.98. The Bertz CT molecular complexity index is 104. The predicted molar refractivity (Wildman–Crippen MR) is 51.6 cm³/mol. The van der Waals surface area contributed by atoms with E-state index in [0.717, 1.165) is 5.92 Å². The van der Waals surface area contributed by atoms with E-state index in [1.807, 2.05) is 0 Å². The van der Waals surface area contributed by atoms with Crippen molar-refractivity contribution < 1.29 is 4.74 Å². The van der Waals surface area contributed by atoms with Crippen LogP contribution in [0.3, 0.4) is 0 Å². The average Bonchev–Trinajstić information content (AvgIpc) is 1.82. The lowest BCUT2D eigenvalue weighted by Gasteiger charge is -2.34. The molecule has 2 heteroatoms. The zero-order chi connectivity index (χ0) is 7.72. The fourth-order valence-corrected chi connectivity index (χ4v) is 2.08. The van der Waals surface area contributed by atoms with E-state index in [0.29, 0.717) is 16.1 Å². The molecule has 0 bridgehead atoms. The number of hydrogen-bond acceptors (Lipinski definition) is 1. The number of alkyl halides is 1. The van der Waals surface area contributed by atoms with Gasteiger partial charge in [0.2, 0.25) is 0 Å². The van der Waals surface area contributed by atoms with Gasteiger partial charge in [-0.15, -0.1) is 0 Å². The summed E-state index contributed by atoms with van der Waals surface area (Å²) in [5.74, 6) is 0.819. The number of hydrogen-bond donors (Lipinski definition) is 0. The molecule has 1 saturated heterocycles. The zero-order valence-electron chi connectivity index (χ0n) is 6.80. The fourth-order valence-electron chi connectivity index (χ4n) is 1.61. The third-order valence-electron chi connectivity index (χ3n) is 2.14. The molecule has 4 atom stereocenters. The topological polar surface area (TPSA) is 9.23 Å². The molecule has 1 aliphatic rings. The third kappa shape index (κ3) is 1.84. The van der Waals surface area contributed by atoms with E-state index in [2.05, 4.69) is 43.4 Å². The normalized spacial score (nSPS) is 49.2. The molecule has 0 radical (unpaired) electrons. The third-order valence-corrected chi connectivity index (χ3v) is 4.38. The van der Waals surface area contributed by atoms with E-state index < -0.39 is 0 Å². The Morgan fingerprint density at radius 2 is 1.90 bits per heavy atom. The molecule has 1 rings (SSSR count). The molecule has 1 unspecified atom stereocenters. The van der Waals surface area contributed by atoms with Gasteiger partial charge in [-0.1, -0.05) is 29.5 Å². The van der Waals surface area contributed by atoms with Crippen LogP contribution in [-0.4, -0.2) is 16.1 Å². The standard InChI is InChI=1S/C8H15IO/c1-5-4-6(2)10-7(3)8(5)9/h5-8H,4H2,1-3H3/t5-,6-,7?,8+/m0/s1. The highest BCUT2D eigenvalue weighted by Crippen LogP contribution is 2.30. The molecular formula is C8H15IO. The highest BCUT2D eigenvalue weighted by molar-refractivity contribution is 14.1. The van der Waals surface area contributed by atoms with Gasteiger partial charge >= 0.3 is 0 Å². The van der Waals surface area contributed by atoms with Crippen LogP contribution in [0.1, 0.15) is 27.2 Å². The van der Waals surface area contributed by atoms with Crippen LogP contribution in [0.25, 0.3) is 0 Å². The van der Waals surface area contributed by atoms with Crippen molar-refractivity contribution in [2.75, 3.05) is 0 Å². The monoisotopic (exact) mass is 254 g/mol. The summed E-state index contributed by atoms with van der Waals surface area (Å²) in [6.45, 7) is 6.64. The Morgan fingerprint density at radius 3 is 2.40 bits per heavy atom. The SMILES string of the molecule is CC1O[C@@H](C)C[C@H](C)[C@H]1I. The van der Waals surface area contributed by atoms with Gasteiger partial charge in [0.05, 0.1) is 12.2 Å². The molecule has 0 aromatic carbocycles. The fraction of sp³-hybridized carbons (Fsp3) is 1.00. The summed E-state index contributed by atoms with van der Waals surface area (Å²) in [7, 11) is 0. The second-order valence-corrected chi connectivity index (χ2v) is 4.75. The minimum atomic E-state index is 0.444. The molecule has 1 heterocycles. The van der Waals surface area contributed by atoms with Gasteiger partial charge in [0, 0.05) is 3.92 Å². The maximum atomic E-state index is 5.66. The van der Waals surface area contributed by atoms with E-state index >= 15 is 0 Å². The summed E-state index contributed by atoms with van der Waals surface area (Å²) in [4.78, 5) is 0. The van der Waals surface area contributed by atoms with E-state index in [1.54, 1.807) is 0 Å². The Morgan fingerprint density at radius 1 is 1.30 bits per heavy atom. The first kappa shape index (κ1) is 8.78. The van der Waals surface area contributed by atoms with Crippen molar-refractivity contribution in [1.29, 1.82) is 0 Å². The minimum Gasteiger partial charge on any atom is -0.374 e. The second kappa shape index (κ2) is 3.39. The molecule has 0 amide bonds. The average molecular weight is 254 g/mol. The van der Waals surface area contributed by atoms with Crippen molar-refractivity contribution in [2.24, 2.45) is 5.92 Å². The van der Waals surface area contributed by atoms with Crippen molar-refractivity contribution in [3.8, 4) is 0 Å².